The SMILES string of the molecule is Cn1ccc(NC(=O)[C@H]2CCC(=O)N2Cc2c[nH]c3ccccc23)n1. The van der Waals surface area contributed by atoms with Gasteiger partial charge >= 0.3 is 0 Å². The number of amides is 2. The van der Waals surface area contributed by atoms with Crippen molar-refractivity contribution in [3.05, 3.63) is 48.3 Å². The first kappa shape index (κ1) is 15.4. The molecular formula is C18H19N5O2. The van der Waals surface area contributed by atoms with Gasteiger partial charge in [-0.15, -0.1) is 0 Å². The molecule has 128 valence electrons. The zero-order valence-corrected chi connectivity index (χ0v) is 13.9. The molecule has 1 saturated heterocycles. The molecule has 0 spiro atoms. The predicted octanol–water partition coefficient (Wildman–Crippen LogP) is 2.03. The van der Waals surface area contributed by atoms with E-state index in [2.05, 4.69) is 15.4 Å². The molecule has 1 atom stereocenters. The van der Waals surface area contributed by atoms with Crippen LogP contribution in [0.4, 0.5) is 5.82 Å². The van der Waals surface area contributed by atoms with Crippen LogP contribution in [0.1, 0.15) is 18.4 Å². The van der Waals surface area contributed by atoms with E-state index < -0.39 is 6.04 Å². The van der Waals surface area contributed by atoms with Crippen LogP contribution in [-0.2, 0) is 23.2 Å². The first-order chi connectivity index (χ1) is 12.1. The Balaban J connectivity index is 1.54. The van der Waals surface area contributed by atoms with Gasteiger partial charge in [0.25, 0.3) is 0 Å². The number of benzene rings is 1. The Morgan fingerprint density at radius 2 is 2.20 bits per heavy atom. The number of fused-ring (bicyclic) bond motifs is 1. The number of carbonyl (C=O) groups excluding carboxylic acids is 2. The molecule has 2 N–H and O–H groups in total. The third kappa shape index (κ3) is 2.88. The van der Waals surface area contributed by atoms with E-state index in [0.717, 1.165) is 16.5 Å². The molecule has 2 amide bonds. The number of H-pyrrole nitrogens is 1. The topological polar surface area (TPSA) is 83.0 Å². The molecule has 1 fully saturated rings. The number of aromatic nitrogens is 3. The van der Waals surface area contributed by atoms with Gasteiger partial charge in [-0.1, -0.05) is 18.2 Å². The first-order valence-corrected chi connectivity index (χ1v) is 8.27. The molecule has 4 rings (SSSR count). The zero-order chi connectivity index (χ0) is 17.4. The van der Waals surface area contributed by atoms with Gasteiger partial charge in [0.05, 0.1) is 0 Å². The maximum absolute atomic E-state index is 12.6. The monoisotopic (exact) mass is 337 g/mol. The van der Waals surface area contributed by atoms with E-state index in [1.165, 1.54) is 0 Å². The van der Waals surface area contributed by atoms with E-state index in [1.807, 2.05) is 30.5 Å². The highest BCUT2D eigenvalue weighted by Gasteiger charge is 2.36. The molecule has 0 unspecified atom stereocenters. The Hall–Kier alpha value is -3.09. The van der Waals surface area contributed by atoms with Crippen LogP contribution in [0.3, 0.4) is 0 Å². The van der Waals surface area contributed by atoms with E-state index in [1.54, 1.807) is 28.9 Å². The number of anilines is 1. The number of aryl methyl sites for hydroxylation is 1. The molecule has 3 heterocycles. The second-order valence-electron chi connectivity index (χ2n) is 6.30. The van der Waals surface area contributed by atoms with Crippen LogP contribution >= 0.6 is 0 Å². The highest BCUT2D eigenvalue weighted by Crippen LogP contribution is 2.26. The van der Waals surface area contributed by atoms with Gasteiger partial charge in [0, 0.05) is 49.4 Å². The summed E-state index contributed by atoms with van der Waals surface area (Å²) in [6, 6.07) is 9.21. The molecule has 1 aliphatic heterocycles. The van der Waals surface area contributed by atoms with Gasteiger partial charge in [-0.3, -0.25) is 14.3 Å². The number of aromatic amines is 1. The van der Waals surface area contributed by atoms with Crippen molar-refractivity contribution in [1.29, 1.82) is 0 Å². The summed E-state index contributed by atoms with van der Waals surface area (Å²) in [6.45, 7) is 0.420. The highest BCUT2D eigenvalue weighted by atomic mass is 16.2. The summed E-state index contributed by atoms with van der Waals surface area (Å²) in [7, 11) is 1.79. The standard InChI is InChI=1S/C18H19N5O2/c1-22-9-8-16(21-22)20-18(25)15-6-7-17(24)23(15)11-12-10-19-14-5-3-2-4-13(12)14/h2-5,8-10,15,19H,6-7,11H2,1H3,(H,20,21,25)/t15-/m1/s1. The molecule has 1 aromatic carbocycles. The molecule has 0 bridgehead atoms. The summed E-state index contributed by atoms with van der Waals surface area (Å²) in [5.74, 6) is 0.315. The van der Waals surface area contributed by atoms with Gasteiger partial charge in [0.2, 0.25) is 11.8 Å². The Labute approximate surface area is 144 Å². The van der Waals surface area contributed by atoms with Crippen molar-refractivity contribution < 1.29 is 9.59 Å². The number of hydrogen-bond acceptors (Lipinski definition) is 3. The summed E-state index contributed by atoms with van der Waals surface area (Å²) >= 11 is 0. The molecule has 1 aliphatic rings. The van der Waals surface area contributed by atoms with Crippen molar-refractivity contribution in [3.63, 3.8) is 0 Å². The summed E-state index contributed by atoms with van der Waals surface area (Å²) in [6.07, 6.45) is 4.59. The molecule has 0 saturated carbocycles. The van der Waals surface area contributed by atoms with Crippen molar-refractivity contribution >= 4 is 28.5 Å². The van der Waals surface area contributed by atoms with Crippen LogP contribution in [-0.4, -0.2) is 37.5 Å². The van der Waals surface area contributed by atoms with E-state index in [-0.39, 0.29) is 11.8 Å². The van der Waals surface area contributed by atoms with E-state index >= 15 is 0 Å². The lowest BCUT2D eigenvalue weighted by atomic mass is 10.1. The minimum atomic E-state index is -0.469. The van der Waals surface area contributed by atoms with E-state index in [4.69, 9.17) is 0 Å². The van der Waals surface area contributed by atoms with Crippen LogP contribution in [0.2, 0.25) is 0 Å². The van der Waals surface area contributed by atoms with Crippen LogP contribution in [0, 0.1) is 0 Å². The lowest BCUT2D eigenvalue weighted by molar-refractivity contribution is -0.133. The van der Waals surface area contributed by atoms with Gasteiger partial charge in [-0.25, -0.2) is 0 Å². The lowest BCUT2D eigenvalue weighted by Crippen LogP contribution is -2.41. The first-order valence-electron chi connectivity index (χ1n) is 8.27. The maximum Gasteiger partial charge on any atom is 0.248 e. The average molecular weight is 337 g/mol. The van der Waals surface area contributed by atoms with Crippen molar-refractivity contribution in [3.8, 4) is 0 Å². The Morgan fingerprint density at radius 1 is 1.36 bits per heavy atom. The summed E-state index contributed by atoms with van der Waals surface area (Å²) in [5.41, 5.74) is 2.04. The minimum Gasteiger partial charge on any atom is -0.361 e. The van der Waals surface area contributed by atoms with Crippen molar-refractivity contribution in [2.45, 2.75) is 25.4 Å². The molecule has 0 aliphatic carbocycles. The minimum absolute atomic E-state index is 0.00597. The van der Waals surface area contributed by atoms with Crippen LogP contribution in [0.15, 0.2) is 42.7 Å². The van der Waals surface area contributed by atoms with Crippen LogP contribution in [0.25, 0.3) is 10.9 Å². The number of nitrogens with one attached hydrogen (secondary N) is 2. The fourth-order valence-corrected chi connectivity index (χ4v) is 3.34. The van der Waals surface area contributed by atoms with Crippen LogP contribution < -0.4 is 5.32 Å². The highest BCUT2D eigenvalue weighted by molar-refractivity contribution is 5.98. The zero-order valence-electron chi connectivity index (χ0n) is 13.9. The van der Waals surface area contributed by atoms with Crippen molar-refractivity contribution in [1.82, 2.24) is 19.7 Å². The van der Waals surface area contributed by atoms with Gasteiger partial charge in [0.1, 0.15) is 6.04 Å². The smallest absolute Gasteiger partial charge is 0.248 e. The number of para-hydroxylation sites is 1. The molecule has 0 radical (unpaired) electrons. The summed E-state index contributed by atoms with van der Waals surface area (Å²) in [4.78, 5) is 29.8. The Morgan fingerprint density at radius 3 is 3.00 bits per heavy atom. The Kier molecular flexibility index (Phi) is 3.76. The molecule has 2 aromatic heterocycles. The molecule has 7 nitrogen and oxygen atoms in total. The largest absolute Gasteiger partial charge is 0.361 e. The fourth-order valence-electron chi connectivity index (χ4n) is 3.34. The number of nitrogens with zero attached hydrogens (tertiary/aromatic N) is 3. The Bertz CT molecular complexity index is 942. The fraction of sp³-hybridized carbons (Fsp3) is 0.278. The second kappa shape index (κ2) is 6.08. The maximum atomic E-state index is 12.6. The number of likely N-dealkylation sites (tertiary alicyclic amines) is 1. The van der Waals surface area contributed by atoms with Gasteiger partial charge in [-0.2, -0.15) is 5.10 Å². The molecule has 25 heavy (non-hydrogen) atoms. The predicted molar refractivity (Wildman–Crippen MR) is 93.7 cm³/mol. The quantitative estimate of drug-likeness (QED) is 0.764. The van der Waals surface area contributed by atoms with Crippen molar-refractivity contribution in [2.24, 2.45) is 7.05 Å². The third-order valence-electron chi connectivity index (χ3n) is 4.61. The summed E-state index contributed by atoms with van der Waals surface area (Å²) in [5, 5.41) is 8.03. The van der Waals surface area contributed by atoms with Crippen LogP contribution in [0.5, 0.6) is 0 Å². The number of hydrogen-bond donors (Lipinski definition) is 2. The normalized spacial score (nSPS) is 17.4. The van der Waals surface area contributed by atoms with Gasteiger partial charge in [-0.05, 0) is 18.1 Å². The van der Waals surface area contributed by atoms with Gasteiger partial charge in [0.15, 0.2) is 5.82 Å². The lowest BCUT2D eigenvalue weighted by Gasteiger charge is -2.23. The second-order valence-corrected chi connectivity index (χ2v) is 6.30. The van der Waals surface area contributed by atoms with Crippen molar-refractivity contribution in [2.75, 3.05) is 5.32 Å². The number of carbonyl (C=O) groups is 2. The molecular weight excluding hydrogens is 318 g/mol. The van der Waals surface area contributed by atoms with E-state index in [0.29, 0.717) is 25.2 Å². The number of rotatable bonds is 4. The van der Waals surface area contributed by atoms with Gasteiger partial charge < -0.3 is 15.2 Å². The van der Waals surface area contributed by atoms with E-state index in [9.17, 15) is 9.59 Å². The summed E-state index contributed by atoms with van der Waals surface area (Å²) < 4.78 is 1.62. The average Bonchev–Trinajstić information content (AvgIpc) is 3.29. The molecule has 7 heteroatoms. The molecule has 3 aromatic rings. The third-order valence-corrected chi connectivity index (χ3v) is 4.61.